The maximum absolute atomic E-state index is 11.7. The number of aromatic nitrogens is 1. The average Bonchev–Trinajstić information content (AvgIpc) is 2.54. The lowest BCUT2D eigenvalue weighted by atomic mass is 9.96. The Balaban J connectivity index is 1.71. The highest BCUT2D eigenvalue weighted by molar-refractivity contribution is 5.81. The number of ether oxygens (including phenoxy) is 1. The van der Waals surface area contributed by atoms with E-state index in [0.717, 1.165) is 25.9 Å². The molecule has 0 radical (unpaired) electrons. The number of nitrogens with two attached hydrogens (primary N) is 1. The van der Waals surface area contributed by atoms with Gasteiger partial charge in [0.05, 0.1) is 6.61 Å². The highest BCUT2D eigenvalue weighted by atomic mass is 16.5. The van der Waals surface area contributed by atoms with E-state index in [-0.39, 0.29) is 12.5 Å². The van der Waals surface area contributed by atoms with Crippen LogP contribution in [-0.2, 0) is 9.53 Å². The molecule has 0 bridgehead atoms. The van der Waals surface area contributed by atoms with E-state index in [1.54, 1.807) is 7.11 Å². The van der Waals surface area contributed by atoms with Crippen molar-refractivity contribution in [1.29, 1.82) is 0 Å². The molecule has 6 nitrogen and oxygen atoms in total. The van der Waals surface area contributed by atoms with Crippen molar-refractivity contribution in [2.75, 3.05) is 38.3 Å². The molecule has 6 heteroatoms. The summed E-state index contributed by atoms with van der Waals surface area (Å²) in [6.07, 6.45) is 5.78. The summed E-state index contributed by atoms with van der Waals surface area (Å²) in [4.78, 5) is 18.1. The van der Waals surface area contributed by atoms with Crippen molar-refractivity contribution in [3.8, 4) is 0 Å². The lowest BCUT2D eigenvalue weighted by Crippen LogP contribution is -2.46. The van der Waals surface area contributed by atoms with Gasteiger partial charge in [0.2, 0.25) is 5.91 Å². The van der Waals surface area contributed by atoms with Crippen LogP contribution in [0.5, 0.6) is 0 Å². The minimum Gasteiger partial charge on any atom is -0.383 e. The number of rotatable bonds is 6. The zero-order valence-corrected chi connectivity index (χ0v) is 12.5. The predicted octanol–water partition coefficient (Wildman–Crippen LogP) is 0.388. The Morgan fingerprint density at radius 1 is 1.48 bits per heavy atom. The summed E-state index contributed by atoms with van der Waals surface area (Å²) >= 11 is 0. The zero-order chi connectivity index (χ0) is 15.1. The van der Waals surface area contributed by atoms with Gasteiger partial charge in [-0.15, -0.1) is 0 Å². The van der Waals surface area contributed by atoms with Crippen LogP contribution in [0.15, 0.2) is 24.5 Å². The monoisotopic (exact) mass is 292 g/mol. The Labute approximate surface area is 125 Å². The summed E-state index contributed by atoms with van der Waals surface area (Å²) in [5.74, 6) is 0.384. The Morgan fingerprint density at radius 3 is 2.76 bits per heavy atom. The molecular weight excluding hydrogens is 268 g/mol. The van der Waals surface area contributed by atoms with Gasteiger partial charge in [-0.25, -0.2) is 0 Å². The third kappa shape index (κ3) is 4.68. The number of amides is 1. The molecule has 21 heavy (non-hydrogen) atoms. The van der Waals surface area contributed by atoms with Gasteiger partial charge in [-0.3, -0.25) is 9.78 Å². The topological polar surface area (TPSA) is 80.5 Å². The first-order valence-corrected chi connectivity index (χ1v) is 7.38. The van der Waals surface area contributed by atoms with E-state index in [0.29, 0.717) is 12.5 Å². The van der Waals surface area contributed by atoms with E-state index < -0.39 is 6.04 Å². The summed E-state index contributed by atoms with van der Waals surface area (Å²) in [6.45, 7) is 2.97. The zero-order valence-electron chi connectivity index (χ0n) is 12.5. The fourth-order valence-electron chi connectivity index (χ4n) is 2.58. The van der Waals surface area contributed by atoms with Crippen LogP contribution in [0.1, 0.15) is 12.8 Å². The van der Waals surface area contributed by atoms with Crippen molar-refractivity contribution in [3.63, 3.8) is 0 Å². The maximum atomic E-state index is 11.7. The van der Waals surface area contributed by atoms with Crippen molar-refractivity contribution in [3.05, 3.63) is 24.5 Å². The number of piperidine rings is 1. The molecule has 0 aromatic carbocycles. The van der Waals surface area contributed by atoms with Crippen LogP contribution in [0.3, 0.4) is 0 Å². The van der Waals surface area contributed by atoms with Crippen LogP contribution >= 0.6 is 0 Å². The fourth-order valence-corrected chi connectivity index (χ4v) is 2.58. The van der Waals surface area contributed by atoms with Crippen LogP contribution in [0.2, 0.25) is 0 Å². The molecule has 1 aliphatic heterocycles. The molecule has 1 unspecified atom stereocenters. The number of carbonyl (C=O) groups is 1. The minimum atomic E-state index is -0.577. The molecule has 3 N–H and O–H groups in total. The largest absolute Gasteiger partial charge is 0.383 e. The van der Waals surface area contributed by atoms with Crippen molar-refractivity contribution in [2.24, 2.45) is 11.7 Å². The first-order chi connectivity index (χ1) is 10.2. The molecule has 2 rings (SSSR count). The third-order valence-corrected chi connectivity index (χ3v) is 3.89. The lowest BCUT2D eigenvalue weighted by Gasteiger charge is -2.33. The molecule has 0 aliphatic carbocycles. The quantitative estimate of drug-likeness (QED) is 0.793. The average molecular weight is 292 g/mol. The Kier molecular flexibility index (Phi) is 5.95. The van der Waals surface area contributed by atoms with Crippen molar-refractivity contribution in [2.45, 2.75) is 18.9 Å². The number of hydrogen-bond donors (Lipinski definition) is 2. The van der Waals surface area contributed by atoms with E-state index in [1.807, 2.05) is 24.5 Å². The number of carbonyl (C=O) groups excluding carboxylic acids is 1. The van der Waals surface area contributed by atoms with Gasteiger partial charge in [-0.1, -0.05) is 0 Å². The van der Waals surface area contributed by atoms with E-state index in [2.05, 4.69) is 15.2 Å². The number of nitrogens with one attached hydrogen (secondary N) is 1. The summed E-state index contributed by atoms with van der Waals surface area (Å²) in [7, 11) is 1.54. The van der Waals surface area contributed by atoms with Crippen LogP contribution in [-0.4, -0.2) is 50.3 Å². The molecule has 116 valence electrons. The summed E-state index contributed by atoms with van der Waals surface area (Å²) in [5.41, 5.74) is 6.91. The van der Waals surface area contributed by atoms with E-state index in [9.17, 15) is 4.79 Å². The molecular formula is C15H24N4O2. The first-order valence-electron chi connectivity index (χ1n) is 7.38. The molecule has 1 aromatic rings. The van der Waals surface area contributed by atoms with Crippen LogP contribution < -0.4 is 16.0 Å². The van der Waals surface area contributed by atoms with Gasteiger partial charge < -0.3 is 20.7 Å². The Bertz CT molecular complexity index is 433. The van der Waals surface area contributed by atoms with Crippen molar-refractivity contribution in [1.82, 2.24) is 10.3 Å². The van der Waals surface area contributed by atoms with Gasteiger partial charge in [-0.2, -0.15) is 0 Å². The molecule has 1 saturated heterocycles. The van der Waals surface area contributed by atoms with E-state index in [4.69, 9.17) is 10.5 Å². The molecule has 1 fully saturated rings. The molecule has 1 aliphatic rings. The maximum Gasteiger partial charge on any atom is 0.239 e. The van der Waals surface area contributed by atoms with E-state index in [1.165, 1.54) is 5.69 Å². The highest BCUT2D eigenvalue weighted by Gasteiger charge is 2.21. The molecule has 0 saturated carbocycles. The number of hydrogen-bond acceptors (Lipinski definition) is 5. The first kappa shape index (κ1) is 15.7. The normalized spacial score (nSPS) is 17.5. The van der Waals surface area contributed by atoms with Gasteiger partial charge in [0.25, 0.3) is 0 Å². The second-order valence-electron chi connectivity index (χ2n) is 5.44. The van der Waals surface area contributed by atoms with Crippen LogP contribution in [0, 0.1) is 5.92 Å². The number of methoxy groups -OCH3 is 1. The lowest BCUT2D eigenvalue weighted by molar-refractivity contribution is -0.123. The number of pyridine rings is 1. The van der Waals surface area contributed by atoms with E-state index >= 15 is 0 Å². The molecule has 1 aromatic heterocycles. The number of anilines is 1. The predicted molar refractivity (Wildman–Crippen MR) is 82.0 cm³/mol. The SMILES string of the molecule is COCC(N)C(=O)NCC1CCN(c2ccncc2)CC1. The second kappa shape index (κ2) is 7.95. The fraction of sp³-hybridized carbons (Fsp3) is 0.600. The van der Waals surface area contributed by atoms with Gasteiger partial charge in [0.15, 0.2) is 0 Å². The van der Waals surface area contributed by atoms with Crippen LogP contribution in [0.4, 0.5) is 5.69 Å². The Morgan fingerprint density at radius 2 is 2.14 bits per heavy atom. The third-order valence-electron chi connectivity index (χ3n) is 3.89. The van der Waals surface area contributed by atoms with Gasteiger partial charge in [-0.05, 0) is 30.9 Å². The van der Waals surface area contributed by atoms with Gasteiger partial charge >= 0.3 is 0 Å². The molecule has 1 amide bonds. The summed E-state index contributed by atoms with van der Waals surface area (Å²) in [6, 6.07) is 3.49. The minimum absolute atomic E-state index is 0.131. The van der Waals surface area contributed by atoms with Crippen molar-refractivity contribution < 1.29 is 9.53 Å². The van der Waals surface area contributed by atoms with Gasteiger partial charge in [0.1, 0.15) is 6.04 Å². The Hall–Kier alpha value is -1.66. The standard InChI is InChI=1S/C15H24N4O2/c1-21-11-14(16)15(20)18-10-12-4-8-19(9-5-12)13-2-6-17-7-3-13/h2-3,6-7,12,14H,4-5,8-11,16H2,1H3,(H,18,20). The van der Waals surface area contributed by atoms with Gasteiger partial charge in [0, 0.05) is 44.8 Å². The molecule has 0 spiro atoms. The van der Waals surface area contributed by atoms with Crippen molar-refractivity contribution >= 4 is 11.6 Å². The van der Waals surface area contributed by atoms with Crippen LogP contribution in [0.25, 0.3) is 0 Å². The smallest absolute Gasteiger partial charge is 0.239 e. The summed E-state index contributed by atoms with van der Waals surface area (Å²) < 4.78 is 4.88. The highest BCUT2D eigenvalue weighted by Crippen LogP contribution is 2.22. The second-order valence-corrected chi connectivity index (χ2v) is 5.44. The molecule has 2 heterocycles. The molecule has 1 atom stereocenters. The number of nitrogens with zero attached hydrogens (tertiary/aromatic N) is 2. The summed E-state index contributed by atoms with van der Waals surface area (Å²) in [5, 5.41) is 2.92.